The van der Waals surface area contributed by atoms with Crippen LogP contribution in [-0.4, -0.2) is 19.5 Å². The Balaban J connectivity index is 2.29. The van der Waals surface area contributed by atoms with Crippen LogP contribution < -0.4 is 4.72 Å². The molecule has 2 rings (SSSR count). The highest BCUT2D eigenvalue weighted by Gasteiger charge is 2.17. The van der Waals surface area contributed by atoms with Gasteiger partial charge >= 0.3 is 5.97 Å². The average molecular weight is 312 g/mol. The minimum absolute atomic E-state index is 0.0380. The number of halogens is 1. The number of aromatic carboxylic acids is 1. The molecule has 2 aromatic rings. The van der Waals surface area contributed by atoms with Crippen LogP contribution in [0.25, 0.3) is 0 Å². The molecule has 5 nitrogen and oxygen atoms in total. The van der Waals surface area contributed by atoms with Crippen LogP contribution in [0, 0.1) is 0 Å². The van der Waals surface area contributed by atoms with E-state index in [9.17, 15) is 13.2 Å². The van der Waals surface area contributed by atoms with E-state index in [4.69, 9.17) is 16.7 Å². The summed E-state index contributed by atoms with van der Waals surface area (Å²) in [4.78, 5) is 10.7. The van der Waals surface area contributed by atoms with Crippen molar-refractivity contribution >= 4 is 33.3 Å². The summed E-state index contributed by atoms with van der Waals surface area (Å²) in [6, 6.07) is 11.4. The molecule has 0 saturated carbocycles. The van der Waals surface area contributed by atoms with Crippen molar-refractivity contribution in [3.05, 3.63) is 59.1 Å². The number of hydrogen-bond acceptors (Lipinski definition) is 3. The molecule has 2 aromatic carbocycles. The number of rotatable bonds is 4. The minimum Gasteiger partial charge on any atom is -0.478 e. The SMILES string of the molecule is O=C(O)c1ccc(NS(=O)(=O)c2ccccc2Cl)cc1. The fourth-order valence-corrected chi connectivity index (χ4v) is 3.13. The Labute approximate surface area is 120 Å². The highest BCUT2D eigenvalue weighted by molar-refractivity contribution is 7.92. The maximum Gasteiger partial charge on any atom is 0.335 e. The van der Waals surface area contributed by atoms with E-state index in [0.717, 1.165) is 0 Å². The predicted molar refractivity (Wildman–Crippen MR) is 75.7 cm³/mol. The van der Waals surface area contributed by atoms with Crippen molar-refractivity contribution in [1.29, 1.82) is 0 Å². The standard InChI is InChI=1S/C13H10ClNO4S/c14-11-3-1-2-4-12(11)20(18,19)15-10-7-5-9(6-8-10)13(16)17/h1-8,15H,(H,16,17). The largest absolute Gasteiger partial charge is 0.478 e. The second-order valence-electron chi connectivity index (χ2n) is 3.92. The van der Waals surface area contributed by atoms with Gasteiger partial charge in [-0.1, -0.05) is 23.7 Å². The molecule has 0 saturated heterocycles. The van der Waals surface area contributed by atoms with Gasteiger partial charge in [0.25, 0.3) is 10.0 Å². The fraction of sp³-hybridized carbons (Fsp3) is 0. The normalized spacial score (nSPS) is 11.1. The number of carboxylic acid groups (broad SMARTS) is 1. The number of hydrogen-bond donors (Lipinski definition) is 2. The van der Waals surface area contributed by atoms with Crippen molar-refractivity contribution in [2.75, 3.05) is 4.72 Å². The predicted octanol–water partition coefficient (Wildman–Crippen LogP) is 2.84. The van der Waals surface area contributed by atoms with Crippen LogP contribution >= 0.6 is 11.6 Å². The highest BCUT2D eigenvalue weighted by Crippen LogP contribution is 2.23. The van der Waals surface area contributed by atoms with Crippen molar-refractivity contribution in [3.63, 3.8) is 0 Å². The number of nitrogens with one attached hydrogen (secondary N) is 1. The highest BCUT2D eigenvalue weighted by atomic mass is 35.5. The summed E-state index contributed by atoms with van der Waals surface area (Å²) in [5.41, 5.74) is 0.334. The van der Waals surface area contributed by atoms with Crippen LogP contribution in [0.3, 0.4) is 0 Å². The van der Waals surface area contributed by atoms with Crippen LogP contribution in [0.15, 0.2) is 53.4 Å². The number of sulfonamides is 1. The molecule has 0 radical (unpaired) electrons. The molecular formula is C13H10ClNO4S. The summed E-state index contributed by atoms with van der Waals surface area (Å²) in [5, 5.41) is 8.88. The van der Waals surface area contributed by atoms with Gasteiger partial charge < -0.3 is 5.11 Å². The van der Waals surface area contributed by atoms with Gasteiger partial charge in [0.15, 0.2) is 0 Å². The smallest absolute Gasteiger partial charge is 0.335 e. The van der Waals surface area contributed by atoms with Gasteiger partial charge in [-0.15, -0.1) is 0 Å². The maximum absolute atomic E-state index is 12.1. The first kappa shape index (κ1) is 14.4. The Morgan fingerprint density at radius 3 is 2.20 bits per heavy atom. The molecule has 0 fully saturated rings. The number of anilines is 1. The molecule has 20 heavy (non-hydrogen) atoms. The molecule has 0 unspecified atom stereocenters. The second kappa shape index (κ2) is 5.52. The summed E-state index contributed by atoms with van der Waals surface area (Å²) < 4.78 is 26.6. The van der Waals surface area contributed by atoms with Crippen molar-refractivity contribution in [2.24, 2.45) is 0 Å². The Morgan fingerprint density at radius 2 is 1.65 bits per heavy atom. The van der Waals surface area contributed by atoms with E-state index in [2.05, 4.69) is 4.72 Å². The van der Waals surface area contributed by atoms with E-state index in [-0.39, 0.29) is 21.2 Å². The topological polar surface area (TPSA) is 83.5 Å². The van der Waals surface area contributed by atoms with Gasteiger partial charge in [-0.25, -0.2) is 13.2 Å². The summed E-state index contributed by atoms with van der Waals surface area (Å²) in [7, 11) is -3.81. The van der Waals surface area contributed by atoms with Gasteiger partial charge in [-0.3, -0.25) is 4.72 Å². The lowest BCUT2D eigenvalue weighted by atomic mass is 10.2. The van der Waals surface area contributed by atoms with E-state index < -0.39 is 16.0 Å². The van der Waals surface area contributed by atoms with Crippen molar-refractivity contribution in [1.82, 2.24) is 0 Å². The molecule has 0 aliphatic heterocycles. The molecule has 0 heterocycles. The minimum atomic E-state index is -3.81. The van der Waals surface area contributed by atoms with Crippen LogP contribution in [0.2, 0.25) is 5.02 Å². The first-order valence-electron chi connectivity index (χ1n) is 5.51. The molecule has 104 valence electrons. The third kappa shape index (κ3) is 3.09. The average Bonchev–Trinajstić information content (AvgIpc) is 2.39. The van der Waals surface area contributed by atoms with Crippen molar-refractivity contribution < 1.29 is 18.3 Å². The first-order valence-corrected chi connectivity index (χ1v) is 7.37. The van der Waals surface area contributed by atoms with Crippen molar-refractivity contribution in [3.8, 4) is 0 Å². The van der Waals surface area contributed by atoms with Gasteiger partial charge in [0, 0.05) is 5.69 Å². The zero-order valence-electron chi connectivity index (χ0n) is 10.1. The van der Waals surface area contributed by atoms with Crippen LogP contribution in [-0.2, 0) is 10.0 Å². The lowest BCUT2D eigenvalue weighted by Crippen LogP contribution is -2.13. The Hall–Kier alpha value is -2.05. The van der Waals surface area contributed by atoms with E-state index in [1.807, 2.05) is 0 Å². The van der Waals surface area contributed by atoms with E-state index in [1.165, 1.54) is 36.4 Å². The van der Waals surface area contributed by atoms with Gasteiger partial charge in [0.05, 0.1) is 10.6 Å². The Bertz CT molecular complexity index is 741. The summed E-state index contributed by atoms with van der Waals surface area (Å²) in [6.07, 6.45) is 0. The molecule has 0 aliphatic rings. The lowest BCUT2D eigenvalue weighted by Gasteiger charge is -2.09. The molecule has 0 aromatic heterocycles. The van der Waals surface area contributed by atoms with E-state index in [1.54, 1.807) is 12.1 Å². The van der Waals surface area contributed by atoms with Gasteiger partial charge in [-0.05, 0) is 36.4 Å². The number of benzene rings is 2. The zero-order valence-corrected chi connectivity index (χ0v) is 11.6. The summed E-state index contributed by atoms with van der Waals surface area (Å²) in [5.74, 6) is -1.08. The van der Waals surface area contributed by atoms with Gasteiger partial charge in [0.1, 0.15) is 4.90 Å². The van der Waals surface area contributed by atoms with Crippen LogP contribution in [0.1, 0.15) is 10.4 Å². The third-order valence-corrected chi connectivity index (χ3v) is 4.39. The van der Waals surface area contributed by atoms with Crippen LogP contribution in [0.5, 0.6) is 0 Å². The van der Waals surface area contributed by atoms with E-state index in [0.29, 0.717) is 0 Å². The third-order valence-electron chi connectivity index (χ3n) is 2.51. The molecule has 0 atom stereocenters. The second-order valence-corrected chi connectivity index (χ2v) is 5.98. The Kier molecular flexibility index (Phi) is 3.96. The number of carbonyl (C=O) groups is 1. The number of carboxylic acids is 1. The summed E-state index contributed by atoms with van der Waals surface area (Å²) in [6.45, 7) is 0. The Morgan fingerprint density at radius 1 is 1.05 bits per heavy atom. The van der Waals surface area contributed by atoms with Gasteiger partial charge in [0.2, 0.25) is 0 Å². The van der Waals surface area contributed by atoms with Crippen molar-refractivity contribution in [2.45, 2.75) is 4.90 Å². The maximum atomic E-state index is 12.1. The monoisotopic (exact) mass is 311 g/mol. The molecule has 0 spiro atoms. The molecule has 2 N–H and O–H groups in total. The van der Waals surface area contributed by atoms with E-state index >= 15 is 0 Å². The fourth-order valence-electron chi connectivity index (χ4n) is 1.55. The first-order chi connectivity index (χ1) is 9.40. The lowest BCUT2D eigenvalue weighted by molar-refractivity contribution is 0.0697. The molecule has 0 bridgehead atoms. The molecule has 7 heteroatoms. The summed E-state index contributed by atoms with van der Waals surface area (Å²) >= 11 is 5.84. The molecular weight excluding hydrogens is 302 g/mol. The molecule has 0 amide bonds. The molecule has 0 aliphatic carbocycles. The zero-order chi connectivity index (χ0) is 14.8. The van der Waals surface area contributed by atoms with Gasteiger partial charge in [-0.2, -0.15) is 0 Å². The van der Waals surface area contributed by atoms with Crippen LogP contribution in [0.4, 0.5) is 5.69 Å². The quantitative estimate of drug-likeness (QED) is 0.909.